The van der Waals surface area contributed by atoms with Crippen LogP contribution in [0.15, 0.2) is 33.9 Å². The molecule has 2 aromatic rings. The largest absolute Gasteiger partial charge is 0.476 e. The summed E-state index contributed by atoms with van der Waals surface area (Å²) in [6, 6.07) is 6.30. The molecule has 0 fully saturated rings. The molecule has 0 aliphatic rings. The van der Waals surface area contributed by atoms with Crippen LogP contribution in [0.25, 0.3) is 0 Å². The smallest absolute Gasteiger partial charge is 0.389 e. The third kappa shape index (κ3) is 7.09. The van der Waals surface area contributed by atoms with Crippen molar-refractivity contribution in [3.63, 3.8) is 0 Å². The third-order valence-corrected chi connectivity index (χ3v) is 4.92. The average Bonchev–Trinajstić information content (AvgIpc) is 2.74. The fraction of sp³-hybridized carbons (Fsp3) is 0.545. The SMILES string of the molecule is CCOC(=O)C(C)(C)Oc1cccc(C(C)Nc2nn(CCCC(F)(F)F)c(=O)n(C)c2=O)c1. The van der Waals surface area contributed by atoms with Crippen LogP contribution in [0, 0.1) is 0 Å². The molecule has 0 bridgehead atoms. The number of nitrogens with zero attached hydrogens (tertiary/aromatic N) is 3. The summed E-state index contributed by atoms with van der Waals surface area (Å²) in [6.45, 7) is 6.51. The van der Waals surface area contributed by atoms with E-state index in [1.165, 1.54) is 7.05 Å². The van der Waals surface area contributed by atoms with E-state index >= 15 is 0 Å². The van der Waals surface area contributed by atoms with Crippen LogP contribution < -0.4 is 21.3 Å². The van der Waals surface area contributed by atoms with E-state index in [1.807, 2.05) is 0 Å². The van der Waals surface area contributed by atoms with Crippen LogP contribution in [-0.4, -0.2) is 38.7 Å². The maximum absolute atomic E-state index is 12.5. The maximum atomic E-state index is 12.5. The van der Waals surface area contributed by atoms with Crippen molar-refractivity contribution in [2.24, 2.45) is 7.05 Å². The number of halogens is 3. The van der Waals surface area contributed by atoms with Gasteiger partial charge in [-0.05, 0) is 51.8 Å². The summed E-state index contributed by atoms with van der Waals surface area (Å²) in [6.07, 6.45) is -5.77. The zero-order chi connectivity index (χ0) is 25.7. The number of rotatable bonds is 10. The zero-order valence-electron chi connectivity index (χ0n) is 19.7. The van der Waals surface area contributed by atoms with E-state index in [-0.39, 0.29) is 25.4 Å². The Balaban J connectivity index is 2.23. The standard InChI is InChI=1S/C22H29F3N4O5/c1-6-33-19(31)21(3,4)34-16-10-7-9-15(13-16)14(2)26-17-18(30)28(5)20(32)29(27-17)12-8-11-22(23,24)25/h7,9-10,13-14H,6,8,11-12H2,1-5H3,(H,26,27). The van der Waals surface area contributed by atoms with Gasteiger partial charge in [0.1, 0.15) is 5.75 Å². The van der Waals surface area contributed by atoms with Crippen molar-refractivity contribution in [1.29, 1.82) is 0 Å². The summed E-state index contributed by atoms with van der Waals surface area (Å²) in [7, 11) is 1.23. The van der Waals surface area contributed by atoms with E-state index in [9.17, 15) is 27.6 Å². The number of nitrogens with one attached hydrogen (secondary N) is 1. The van der Waals surface area contributed by atoms with Gasteiger partial charge in [-0.2, -0.15) is 13.2 Å². The molecule has 9 nitrogen and oxygen atoms in total. The van der Waals surface area contributed by atoms with Crippen LogP contribution >= 0.6 is 0 Å². The molecule has 188 valence electrons. The van der Waals surface area contributed by atoms with Crippen molar-refractivity contribution >= 4 is 11.8 Å². The summed E-state index contributed by atoms with van der Waals surface area (Å²) >= 11 is 0. The molecule has 1 heterocycles. The lowest BCUT2D eigenvalue weighted by atomic mass is 10.1. The molecule has 0 amide bonds. The highest BCUT2D eigenvalue weighted by Gasteiger charge is 2.31. The number of esters is 1. The molecule has 0 saturated heterocycles. The number of carbonyl (C=O) groups excluding carboxylic acids is 1. The molecule has 1 aromatic heterocycles. The number of hydrogen-bond donors (Lipinski definition) is 1. The monoisotopic (exact) mass is 486 g/mol. The second-order valence-corrected chi connectivity index (χ2v) is 8.21. The second-order valence-electron chi connectivity index (χ2n) is 8.21. The van der Waals surface area contributed by atoms with Gasteiger partial charge in [0.05, 0.1) is 12.6 Å². The fourth-order valence-electron chi connectivity index (χ4n) is 3.07. The number of aromatic nitrogens is 3. The molecule has 0 radical (unpaired) electrons. The minimum absolute atomic E-state index is 0.181. The number of benzene rings is 1. The highest BCUT2D eigenvalue weighted by atomic mass is 19.4. The Morgan fingerprint density at radius 2 is 1.91 bits per heavy atom. The summed E-state index contributed by atoms with van der Waals surface area (Å²) in [5.41, 5.74) is -2.06. The Hall–Kier alpha value is -3.31. The quantitative estimate of drug-likeness (QED) is 0.515. The molecule has 1 aromatic carbocycles. The van der Waals surface area contributed by atoms with Crippen LogP contribution in [0.4, 0.5) is 19.0 Å². The van der Waals surface area contributed by atoms with Crippen molar-refractivity contribution < 1.29 is 27.4 Å². The number of alkyl halides is 3. The van der Waals surface area contributed by atoms with Gasteiger partial charge in [0.2, 0.25) is 5.82 Å². The first-order valence-electron chi connectivity index (χ1n) is 10.7. The van der Waals surface area contributed by atoms with Crippen LogP contribution in [0.2, 0.25) is 0 Å². The Morgan fingerprint density at radius 1 is 1.24 bits per heavy atom. The first-order valence-corrected chi connectivity index (χ1v) is 10.7. The first kappa shape index (κ1) is 26.9. The topological polar surface area (TPSA) is 104 Å². The Labute approximate surface area is 194 Å². The summed E-state index contributed by atoms with van der Waals surface area (Å²) < 4.78 is 49.8. The van der Waals surface area contributed by atoms with Gasteiger partial charge < -0.3 is 14.8 Å². The molecule has 12 heteroatoms. The lowest BCUT2D eigenvalue weighted by molar-refractivity contribution is -0.158. The van der Waals surface area contributed by atoms with E-state index in [0.717, 1.165) is 9.25 Å². The molecule has 2 rings (SSSR count). The highest BCUT2D eigenvalue weighted by Crippen LogP contribution is 2.25. The van der Waals surface area contributed by atoms with Crippen LogP contribution in [0.5, 0.6) is 5.75 Å². The van der Waals surface area contributed by atoms with Crippen LogP contribution in [-0.2, 0) is 23.1 Å². The van der Waals surface area contributed by atoms with Crippen molar-refractivity contribution in [3.8, 4) is 5.75 Å². The van der Waals surface area contributed by atoms with Gasteiger partial charge in [-0.1, -0.05) is 12.1 Å². The third-order valence-electron chi connectivity index (χ3n) is 4.92. The minimum atomic E-state index is -4.35. The van der Waals surface area contributed by atoms with E-state index < -0.39 is 41.5 Å². The minimum Gasteiger partial charge on any atom is -0.476 e. The van der Waals surface area contributed by atoms with Gasteiger partial charge in [0.25, 0.3) is 5.56 Å². The van der Waals surface area contributed by atoms with Gasteiger partial charge in [-0.3, -0.25) is 9.36 Å². The summed E-state index contributed by atoms with van der Waals surface area (Å²) in [5, 5.41) is 6.84. The first-order chi connectivity index (χ1) is 15.7. The maximum Gasteiger partial charge on any atom is 0.389 e. The Kier molecular flexibility index (Phi) is 8.51. The normalized spacial score (nSPS) is 12.8. The Morgan fingerprint density at radius 3 is 2.53 bits per heavy atom. The molecule has 1 N–H and O–H groups in total. The molecular weight excluding hydrogens is 457 g/mol. The van der Waals surface area contributed by atoms with Gasteiger partial charge in [0.15, 0.2) is 5.60 Å². The van der Waals surface area contributed by atoms with Crippen molar-refractivity contribution in [1.82, 2.24) is 14.3 Å². The lowest BCUT2D eigenvalue weighted by Gasteiger charge is -2.25. The highest BCUT2D eigenvalue weighted by molar-refractivity contribution is 5.79. The Bertz CT molecular complexity index is 1120. The van der Waals surface area contributed by atoms with Gasteiger partial charge >= 0.3 is 17.8 Å². The molecule has 0 aliphatic carbocycles. The summed E-state index contributed by atoms with van der Waals surface area (Å²) in [4.78, 5) is 36.8. The number of anilines is 1. The summed E-state index contributed by atoms with van der Waals surface area (Å²) in [5.74, 6) is -0.311. The van der Waals surface area contributed by atoms with Crippen LogP contribution in [0.3, 0.4) is 0 Å². The van der Waals surface area contributed by atoms with Gasteiger partial charge in [-0.25, -0.2) is 14.3 Å². The number of carbonyl (C=O) groups is 1. The van der Waals surface area contributed by atoms with Gasteiger partial charge in [-0.15, -0.1) is 5.10 Å². The molecule has 1 unspecified atom stereocenters. The van der Waals surface area contributed by atoms with E-state index in [1.54, 1.807) is 52.0 Å². The second kappa shape index (κ2) is 10.7. The van der Waals surface area contributed by atoms with E-state index in [0.29, 0.717) is 11.3 Å². The van der Waals surface area contributed by atoms with E-state index in [2.05, 4.69) is 10.4 Å². The molecular formula is C22H29F3N4O5. The fourth-order valence-corrected chi connectivity index (χ4v) is 3.07. The predicted octanol–water partition coefficient (Wildman–Crippen LogP) is 3.18. The molecule has 0 spiro atoms. The number of ether oxygens (including phenoxy) is 2. The molecule has 34 heavy (non-hydrogen) atoms. The predicted molar refractivity (Wildman–Crippen MR) is 119 cm³/mol. The number of hydrogen-bond acceptors (Lipinski definition) is 7. The van der Waals surface area contributed by atoms with Crippen LogP contribution in [0.1, 0.15) is 52.1 Å². The average molecular weight is 486 g/mol. The van der Waals surface area contributed by atoms with Crippen molar-refractivity contribution in [2.45, 2.75) is 64.9 Å². The van der Waals surface area contributed by atoms with Gasteiger partial charge in [0, 0.05) is 20.0 Å². The van der Waals surface area contributed by atoms with Crippen molar-refractivity contribution in [2.75, 3.05) is 11.9 Å². The molecule has 1 atom stereocenters. The van der Waals surface area contributed by atoms with E-state index in [4.69, 9.17) is 9.47 Å². The lowest BCUT2D eigenvalue weighted by Crippen LogP contribution is -2.41. The molecule has 0 aliphatic heterocycles. The molecule has 0 saturated carbocycles. The van der Waals surface area contributed by atoms with Crippen molar-refractivity contribution in [3.05, 3.63) is 50.7 Å². The number of aryl methyl sites for hydroxylation is 1. The zero-order valence-corrected chi connectivity index (χ0v) is 19.7.